The van der Waals surface area contributed by atoms with Crippen molar-refractivity contribution in [3.05, 3.63) is 88.9 Å². The Balaban J connectivity index is 1.16. The molecule has 3 aliphatic heterocycles. The fraction of sp³-hybridized carbons (Fsp3) is 0.321. The van der Waals surface area contributed by atoms with Gasteiger partial charge in [-0.2, -0.15) is 4.98 Å². The highest BCUT2D eigenvalue weighted by Gasteiger charge is 2.48. The first kappa shape index (κ1) is 22.9. The van der Waals surface area contributed by atoms with Crippen molar-refractivity contribution in [2.45, 2.75) is 31.5 Å². The smallest absolute Gasteiger partial charge is 0.334 e. The van der Waals surface area contributed by atoms with Gasteiger partial charge in [0.1, 0.15) is 13.1 Å². The zero-order chi connectivity index (χ0) is 24.4. The van der Waals surface area contributed by atoms with Gasteiger partial charge in [-0.15, -0.1) is 11.3 Å². The van der Waals surface area contributed by atoms with Crippen LogP contribution in [0.25, 0.3) is 11.5 Å². The van der Waals surface area contributed by atoms with Crippen molar-refractivity contribution in [3.63, 3.8) is 0 Å². The number of hydrogen-bond acceptors (Lipinski definition) is 7. The second-order valence-corrected chi connectivity index (χ2v) is 10.8. The number of anilines is 1. The van der Waals surface area contributed by atoms with Crippen LogP contribution in [-0.4, -0.2) is 46.3 Å². The maximum absolute atomic E-state index is 13.5. The predicted octanol–water partition coefficient (Wildman–Crippen LogP) is 5.30. The van der Waals surface area contributed by atoms with Crippen LogP contribution in [0, 0.1) is 5.92 Å². The summed E-state index contributed by atoms with van der Waals surface area (Å²) in [5.41, 5.74) is 1.82. The third-order valence-corrected chi connectivity index (χ3v) is 8.36. The van der Waals surface area contributed by atoms with Gasteiger partial charge in [-0.1, -0.05) is 47.6 Å². The molecular weight excluding hydrogens is 472 g/mol. The van der Waals surface area contributed by atoms with Crippen LogP contribution in [0.4, 0.5) is 5.69 Å². The fourth-order valence-corrected chi connectivity index (χ4v) is 6.28. The molecule has 2 aromatic carbocycles. The van der Waals surface area contributed by atoms with Gasteiger partial charge in [-0.3, -0.25) is 0 Å². The van der Waals surface area contributed by atoms with E-state index in [9.17, 15) is 4.79 Å². The number of quaternary nitrogens is 1. The summed E-state index contributed by atoms with van der Waals surface area (Å²) >= 11 is 1.56. The fourth-order valence-electron chi connectivity index (χ4n) is 5.51. The van der Waals surface area contributed by atoms with Gasteiger partial charge >= 0.3 is 5.97 Å². The lowest BCUT2D eigenvalue weighted by Crippen LogP contribution is -2.64. The standard InChI is InChI=1S/C28H29N4O3S/c33-28(26(24-12-7-17-36-24)29-22-10-5-2-6-11-22)34-23-18-32(15-13-20(23)14-16-32)19-25-30-27(35-31-25)21-8-3-1-4-9-21/h1-12,17,20,23,26,29H,13-16,18-19H2/q+1. The first-order chi connectivity index (χ1) is 17.7. The van der Waals surface area contributed by atoms with Crippen LogP contribution in [0.1, 0.15) is 29.6 Å². The number of carbonyl (C=O) groups excluding carboxylic acids is 1. The van der Waals surface area contributed by atoms with Crippen molar-refractivity contribution in [3.8, 4) is 11.5 Å². The molecular formula is C28H29N4O3S+. The number of para-hydroxylation sites is 1. The normalized spacial score (nSPS) is 23.8. The number of fused-ring (bicyclic) bond motifs is 3. The Morgan fingerprint density at radius 3 is 2.53 bits per heavy atom. The van der Waals surface area contributed by atoms with Gasteiger partial charge in [-0.25, -0.2) is 4.79 Å². The first-order valence-corrected chi connectivity index (χ1v) is 13.3. The molecule has 0 saturated carbocycles. The Morgan fingerprint density at radius 2 is 1.81 bits per heavy atom. The van der Waals surface area contributed by atoms with E-state index >= 15 is 0 Å². The number of thiophene rings is 1. The summed E-state index contributed by atoms with van der Waals surface area (Å²) in [6, 6.07) is 23.1. The molecule has 2 unspecified atom stereocenters. The van der Waals surface area contributed by atoms with Gasteiger partial charge in [0.2, 0.25) is 5.82 Å². The second kappa shape index (κ2) is 9.87. The van der Waals surface area contributed by atoms with Crippen molar-refractivity contribution >= 4 is 23.0 Å². The summed E-state index contributed by atoms with van der Waals surface area (Å²) < 4.78 is 12.6. The SMILES string of the molecule is O=C(OC1C[N+]2(Cc3noc(-c4ccccc4)n3)CCC1CC2)C(Nc1ccccc1)c1cccs1. The summed E-state index contributed by atoms with van der Waals surface area (Å²) in [7, 11) is 0. The Bertz CT molecular complexity index is 1280. The van der Waals surface area contributed by atoms with Gasteiger partial charge in [-0.05, 0) is 35.7 Å². The molecule has 1 N–H and O–H groups in total. The Labute approximate surface area is 214 Å². The minimum absolute atomic E-state index is 0.111. The number of aromatic nitrogens is 2. The molecule has 2 atom stereocenters. The average Bonchev–Trinajstić information content (AvgIpc) is 3.62. The van der Waals surface area contributed by atoms with Crippen LogP contribution in [0.5, 0.6) is 0 Å². The summed E-state index contributed by atoms with van der Waals surface area (Å²) in [5, 5.41) is 9.65. The van der Waals surface area contributed by atoms with E-state index in [-0.39, 0.29) is 12.1 Å². The van der Waals surface area contributed by atoms with Crippen LogP contribution in [-0.2, 0) is 16.1 Å². The van der Waals surface area contributed by atoms with Crippen LogP contribution < -0.4 is 5.32 Å². The molecule has 36 heavy (non-hydrogen) atoms. The number of rotatable bonds is 8. The molecule has 0 spiro atoms. The van der Waals surface area contributed by atoms with E-state index in [4.69, 9.17) is 9.26 Å². The Hall–Kier alpha value is -3.49. The second-order valence-electron chi connectivity index (χ2n) is 9.78. The molecule has 5 heterocycles. The summed E-state index contributed by atoms with van der Waals surface area (Å²) in [4.78, 5) is 19.1. The molecule has 7 rings (SSSR count). The van der Waals surface area contributed by atoms with Crippen molar-refractivity contribution in [1.82, 2.24) is 10.1 Å². The Kier molecular flexibility index (Phi) is 6.29. The van der Waals surface area contributed by atoms with Crippen LogP contribution >= 0.6 is 11.3 Å². The molecule has 2 bridgehead atoms. The lowest BCUT2D eigenvalue weighted by molar-refractivity contribution is -0.958. The number of hydrogen-bond donors (Lipinski definition) is 1. The van der Waals surface area contributed by atoms with Crippen molar-refractivity contribution in [1.29, 1.82) is 0 Å². The molecule has 3 aliphatic rings. The molecule has 4 aromatic rings. The average molecular weight is 502 g/mol. The van der Waals surface area contributed by atoms with Crippen LogP contribution in [0.3, 0.4) is 0 Å². The highest BCUT2D eigenvalue weighted by Crippen LogP contribution is 2.38. The molecule has 184 valence electrons. The largest absolute Gasteiger partial charge is 0.454 e. The molecule has 7 nitrogen and oxygen atoms in total. The highest BCUT2D eigenvalue weighted by molar-refractivity contribution is 7.10. The molecule has 8 heteroatoms. The van der Waals surface area contributed by atoms with E-state index in [1.54, 1.807) is 11.3 Å². The maximum atomic E-state index is 13.5. The Morgan fingerprint density at radius 1 is 1.06 bits per heavy atom. The number of benzene rings is 2. The topological polar surface area (TPSA) is 77.2 Å². The van der Waals surface area contributed by atoms with E-state index in [0.717, 1.165) is 53.1 Å². The van der Waals surface area contributed by atoms with Gasteiger partial charge in [0.25, 0.3) is 5.89 Å². The van der Waals surface area contributed by atoms with E-state index < -0.39 is 6.04 Å². The van der Waals surface area contributed by atoms with Gasteiger partial charge < -0.3 is 19.1 Å². The minimum atomic E-state index is -0.526. The van der Waals surface area contributed by atoms with E-state index in [2.05, 4.69) is 15.5 Å². The maximum Gasteiger partial charge on any atom is 0.334 e. The number of nitrogens with one attached hydrogen (secondary N) is 1. The zero-order valence-corrected chi connectivity index (χ0v) is 20.8. The number of nitrogens with zero attached hydrogens (tertiary/aromatic N) is 3. The van der Waals surface area contributed by atoms with E-state index in [1.165, 1.54) is 0 Å². The molecule has 0 amide bonds. The predicted molar refractivity (Wildman–Crippen MR) is 138 cm³/mol. The molecule has 3 saturated heterocycles. The molecule has 0 radical (unpaired) electrons. The van der Waals surface area contributed by atoms with Crippen molar-refractivity contribution in [2.24, 2.45) is 5.92 Å². The summed E-state index contributed by atoms with van der Waals surface area (Å²) in [6.07, 6.45) is 1.97. The third kappa shape index (κ3) is 4.79. The highest BCUT2D eigenvalue weighted by atomic mass is 32.1. The third-order valence-electron chi connectivity index (χ3n) is 7.42. The number of ether oxygens (including phenoxy) is 1. The van der Waals surface area contributed by atoms with Crippen LogP contribution in [0.2, 0.25) is 0 Å². The first-order valence-electron chi connectivity index (χ1n) is 12.5. The lowest BCUT2D eigenvalue weighted by Gasteiger charge is -2.51. The van der Waals surface area contributed by atoms with Crippen molar-refractivity contribution < 1.29 is 18.5 Å². The molecule has 0 aliphatic carbocycles. The summed E-state index contributed by atoms with van der Waals surface area (Å²) in [6.45, 7) is 3.57. The van der Waals surface area contributed by atoms with Gasteiger partial charge in [0.05, 0.1) is 13.1 Å². The minimum Gasteiger partial charge on any atom is -0.454 e. The van der Waals surface area contributed by atoms with E-state index in [1.807, 2.05) is 78.2 Å². The van der Waals surface area contributed by atoms with Gasteiger partial charge in [0.15, 0.2) is 12.1 Å². The lowest BCUT2D eigenvalue weighted by atomic mass is 9.83. The molecule has 3 fully saturated rings. The molecule has 2 aromatic heterocycles. The monoisotopic (exact) mass is 501 g/mol. The number of esters is 1. The van der Waals surface area contributed by atoms with E-state index in [0.29, 0.717) is 24.2 Å². The summed E-state index contributed by atoms with van der Waals surface area (Å²) in [5.74, 6) is 1.44. The van der Waals surface area contributed by atoms with Gasteiger partial charge in [0, 0.05) is 34.9 Å². The number of carbonyl (C=O) groups is 1. The number of piperidine rings is 3. The van der Waals surface area contributed by atoms with Crippen LogP contribution in [0.15, 0.2) is 82.7 Å². The zero-order valence-electron chi connectivity index (χ0n) is 20.0. The quantitative estimate of drug-likeness (QED) is 0.261. The van der Waals surface area contributed by atoms with Crippen molar-refractivity contribution in [2.75, 3.05) is 25.0 Å².